The Morgan fingerprint density at radius 3 is 2.56 bits per heavy atom. The molecule has 0 aromatic heterocycles. The maximum absolute atomic E-state index is 10.5. The van der Waals surface area contributed by atoms with Crippen LogP contribution in [0.25, 0.3) is 0 Å². The summed E-state index contributed by atoms with van der Waals surface area (Å²) >= 11 is 0. The summed E-state index contributed by atoms with van der Waals surface area (Å²) in [5.41, 5.74) is 0. The molecule has 0 aliphatic carbocycles. The minimum absolute atomic E-state index is 0.168. The van der Waals surface area contributed by atoms with Gasteiger partial charge in [-0.15, -0.1) is 0 Å². The van der Waals surface area contributed by atoms with E-state index in [-0.39, 0.29) is 6.42 Å². The summed E-state index contributed by atoms with van der Waals surface area (Å²) in [5.74, 6) is -0.773. The Bertz CT molecular complexity index is 297. The molecule has 1 heterocycles. The third-order valence-corrected chi connectivity index (χ3v) is 15.8. The average molecular weight is 327 g/mol. The van der Waals surface area contributed by atoms with Crippen LogP contribution in [0.15, 0.2) is 0 Å². The van der Waals surface area contributed by atoms with E-state index in [1.165, 1.54) is 0 Å². The lowest BCUT2D eigenvalue weighted by Gasteiger charge is -2.38. The minimum atomic E-state index is -2.20. The maximum Gasteiger partial charge on any atom is 0.313 e. The van der Waals surface area contributed by atoms with Crippen LogP contribution >= 0.6 is 0 Å². The number of rotatable bonds is 4. The van der Waals surface area contributed by atoms with Crippen molar-refractivity contribution in [3.8, 4) is 0 Å². The van der Waals surface area contributed by atoms with Crippen LogP contribution in [0.4, 0.5) is 0 Å². The van der Waals surface area contributed by atoms with Gasteiger partial charge in [0.1, 0.15) is 0 Å². The Kier molecular flexibility index (Phi) is 5.92. The van der Waals surface area contributed by atoms with Gasteiger partial charge in [0.05, 0.1) is 0 Å². The van der Waals surface area contributed by atoms with Gasteiger partial charge < -0.3 is 21.6 Å². The number of carboxylic acids is 1. The smallest absolute Gasteiger partial charge is 0.313 e. The van der Waals surface area contributed by atoms with E-state index >= 15 is 0 Å². The number of carbonyl (C=O) groups is 1. The monoisotopic (exact) mass is 326 g/mol. The van der Waals surface area contributed by atoms with Crippen LogP contribution in [-0.2, 0) is 21.3 Å². The van der Waals surface area contributed by atoms with E-state index in [4.69, 9.17) is 21.6 Å². The van der Waals surface area contributed by atoms with Crippen LogP contribution in [0.5, 0.6) is 0 Å². The van der Waals surface area contributed by atoms with Gasteiger partial charge >= 0.3 is 32.4 Å². The molecule has 1 saturated heterocycles. The van der Waals surface area contributed by atoms with E-state index in [9.17, 15) is 4.79 Å². The zero-order valence-corrected chi connectivity index (χ0v) is 16.0. The van der Waals surface area contributed by atoms with Crippen LogP contribution in [0.1, 0.15) is 12.8 Å². The van der Waals surface area contributed by atoms with Gasteiger partial charge in [0.15, 0.2) is 0 Å². The summed E-state index contributed by atoms with van der Waals surface area (Å²) < 4.78 is 23.6. The van der Waals surface area contributed by atoms with Crippen LogP contribution in [-0.4, -0.2) is 47.5 Å². The number of aliphatic carboxylic acids is 1. The molecule has 0 aromatic rings. The van der Waals surface area contributed by atoms with Crippen molar-refractivity contribution < 1.29 is 26.4 Å². The molecule has 1 fully saturated rings. The molecular formula is C8H22O6Si4. The Hall–Kier alpha value is 0.178. The van der Waals surface area contributed by atoms with Crippen molar-refractivity contribution in [3.05, 3.63) is 0 Å². The number of hydrogen-bond donors (Lipinski definition) is 1. The highest BCUT2D eigenvalue weighted by Gasteiger charge is 2.40. The third-order valence-electron chi connectivity index (χ3n) is 2.40. The van der Waals surface area contributed by atoms with Gasteiger partial charge in [-0.3, -0.25) is 4.79 Å². The molecule has 1 N–H and O–H groups in total. The molecule has 1 aliphatic heterocycles. The molecule has 1 unspecified atom stereocenters. The second-order valence-corrected chi connectivity index (χ2v) is 16.7. The summed E-state index contributed by atoms with van der Waals surface area (Å²) in [7, 11) is -7.14. The molecule has 0 bridgehead atoms. The van der Waals surface area contributed by atoms with Crippen LogP contribution in [0.3, 0.4) is 0 Å². The van der Waals surface area contributed by atoms with E-state index < -0.39 is 42.4 Å². The zero-order chi connectivity index (χ0) is 13.8. The van der Waals surface area contributed by atoms with E-state index in [1.54, 1.807) is 0 Å². The molecule has 0 amide bonds. The Labute approximate surface area is 114 Å². The Morgan fingerprint density at radius 2 is 1.94 bits per heavy atom. The number of carboxylic acid groups (broad SMARTS) is 1. The first-order valence-corrected chi connectivity index (χ1v) is 14.6. The van der Waals surface area contributed by atoms with Crippen molar-refractivity contribution >= 4 is 42.4 Å². The summed E-state index contributed by atoms with van der Waals surface area (Å²) in [5, 5.41) is 8.62. The van der Waals surface area contributed by atoms with E-state index in [0.29, 0.717) is 12.5 Å². The quantitative estimate of drug-likeness (QED) is 0.761. The lowest BCUT2D eigenvalue weighted by molar-refractivity contribution is -0.137. The first-order valence-electron chi connectivity index (χ1n) is 6.05. The normalized spacial score (nSPS) is 28.6. The molecule has 1 rings (SSSR count). The molecule has 18 heavy (non-hydrogen) atoms. The van der Waals surface area contributed by atoms with Crippen molar-refractivity contribution in [2.75, 3.05) is 0 Å². The lowest BCUT2D eigenvalue weighted by atomic mass is 10.3. The maximum atomic E-state index is 10.5. The van der Waals surface area contributed by atoms with E-state index in [2.05, 4.69) is 0 Å². The Morgan fingerprint density at radius 1 is 1.28 bits per heavy atom. The van der Waals surface area contributed by atoms with Gasteiger partial charge in [-0.25, -0.2) is 0 Å². The molecule has 0 saturated carbocycles. The predicted octanol–water partition coefficient (Wildman–Crippen LogP) is 0.554. The molecule has 1 aliphatic rings. The lowest BCUT2D eigenvalue weighted by Crippen LogP contribution is -2.55. The van der Waals surface area contributed by atoms with Crippen LogP contribution < -0.4 is 0 Å². The van der Waals surface area contributed by atoms with Gasteiger partial charge in [0.25, 0.3) is 10.0 Å². The van der Waals surface area contributed by atoms with Crippen molar-refractivity contribution in [2.45, 2.75) is 45.1 Å². The fourth-order valence-corrected chi connectivity index (χ4v) is 15.7. The summed E-state index contributed by atoms with van der Waals surface area (Å²) in [6.07, 6.45) is 0.771. The highest BCUT2D eigenvalue weighted by molar-refractivity contribution is 6.84. The van der Waals surface area contributed by atoms with Crippen molar-refractivity contribution in [2.24, 2.45) is 0 Å². The molecule has 0 radical (unpaired) electrons. The first kappa shape index (κ1) is 16.2. The molecular weight excluding hydrogens is 304 g/mol. The highest BCUT2D eigenvalue weighted by atomic mass is 28.5. The third kappa shape index (κ3) is 6.38. The Balaban J connectivity index is 2.49. The van der Waals surface area contributed by atoms with Crippen molar-refractivity contribution in [1.29, 1.82) is 0 Å². The van der Waals surface area contributed by atoms with Crippen LogP contribution in [0.2, 0.25) is 32.2 Å². The SMILES string of the molecule is C[Si]1(C)O[SiH2]O[SiH](CCCC(=O)O)O[Si](C)(C)O1. The largest absolute Gasteiger partial charge is 0.481 e. The molecule has 1 atom stereocenters. The van der Waals surface area contributed by atoms with E-state index in [1.807, 2.05) is 26.2 Å². The van der Waals surface area contributed by atoms with Gasteiger partial charge in [-0.05, 0) is 38.7 Å². The van der Waals surface area contributed by atoms with E-state index in [0.717, 1.165) is 0 Å². The molecule has 0 aromatic carbocycles. The van der Waals surface area contributed by atoms with Gasteiger partial charge in [0.2, 0.25) is 0 Å². The van der Waals surface area contributed by atoms with Gasteiger partial charge in [0, 0.05) is 6.42 Å². The first-order chi connectivity index (χ1) is 8.20. The van der Waals surface area contributed by atoms with Gasteiger partial charge in [-0.1, -0.05) is 0 Å². The minimum Gasteiger partial charge on any atom is -0.481 e. The van der Waals surface area contributed by atoms with Gasteiger partial charge in [-0.2, -0.15) is 0 Å². The zero-order valence-electron chi connectivity index (χ0n) is 11.4. The second-order valence-electron chi connectivity index (χ2n) is 5.16. The molecule has 106 valence electrons. The molecule has 10 heteroatoms. The predicted molar refractivity (Wildman–Crippen MR) is 76.7 cm³/mol. The fraction of sp³-hybridized carbons (Fsp3) is 0.875. The van der Waals surface area contributed by atoms with Crippen molar-refractivity contribution in [1.82, 2.24) is 0 Å². The van der Waals surface area contributed by atoms with Crippen LogP contribution in [0, 0.1) is 0 Å². The highest BCUT2D eigenvalue weighted by Crippen LogP contribution is 2.21. The summed E-state index contributed by atoms with van der Waals surface area (Å²) in [6.45, 7) is 8.01. The average Bonchev–Trinajstić information content (AvgIpc) is 2.11. The molecule has 0 spiro atoms. The summed E-state index contributed by atoms with van der Waals surface area (Å²) in [6, 6.07) is 0.713. The standard InChI is InChI=1S/C8H22O6Si4/c1-17(2)12-15-11-16(7-5-6-8(9)10)13-18(3,4)14-17/h16H,5-7,15H2,1-4H3,(H,9,10). The molecule has 6 nitrogen and oxygen atoms in total. The summed E-state index contributed by atoms with van der Waals surface area (Å²) in [4.78, 5) is 10.5. The second kappa shape index (κ2) is 6.56. The topological polar surface area (TPSA) is 74.2 Å². The number of hydrogen-bond acceptors (Lipinski definition) is 5. The fourth-order valence-electron chi connectivity index (χ4n) is 1.81. The van der Waals surface area contributed by atoms with Crippen molar-refractivity contribution in [3.63, 3.8) is 0 Å².